The summed E-state index contributed by atoms with van der Waals surface area (Å²) in [5.41, 5.74) is 1.08. The maximum Gasteiger partial charge on any atom is 0.333 e. The van der Waals surface area contributed by atoms with Gasteiger partial charge in [0, 0.05) is 11.1 Å². The molecule has 0 heterocycles. The molecule has 0 saturated heterocycles. The summed E-state index contributed by atoms with van der Waals surface area (Å²) < 4.78 is 4.83. The molecule has 1 aromatic rings. The molecule has 0 spiro atoms. The molecule has 0 unspecified atom stereocenters. The molecule has 0 aliphatic carbocycles. The fraction of sp³-hybridized carbons (Fsp3) is 0.250. The number of aromatic hydroxyl groups is 1. The molecule has 0 fully saturated rings. The first-order chi connectivity index (χ1) is 7.15. The Labute approximate surface area is 89.0 Å². The van der Waals surface area contributed by atoms with Crippen LogP contribution in [-0.4, -0.2) is 17.7 Å². The van der Waals surface area contributed by atoms with E-state index < -0.39 is 0 Å². The molecule has 0 aliphatic rings. The number of para-hydroxylation sites is 1. The van der Waals surface area contributed by atoms with Gasteiger partial charge in [0.2, 0.25) is 0 Å². The van der Waals surface area contributed by atoms with Gasteiger partial charge in [0.05, 0.1) is 6.61 Å². The Hall–Kier alpha value is -1.77. The van der Waals surface area contributed by atoms with E-state index in [0.717, 1.165) is 0 Å². The van der Waals surface area contributed by atoms with Crippen LogP contribution >= 0.6 is 0 Å². The van der Waals surface area contributed by atoms with Gasteiger partial charge < -0.3 is 9.84 Å². The van der Waals surface area contributed by atoms with Crippen LogP contribution in [0.25, 0.3) is 6.08 Å². The summed E-state index contributed by atoms with van der Waals surface area (Å²) in [4.78, 5) is 11.3. The Morgan fingerprint density at radius 3 is 2.73 bits per heavy atom. The van der Waals surface area contributed by atoms with Gasteiger partial charge in [-0.2, -0.15) is 0 Å². The first-order valence-electron chi connectivity index (χ1n) is 4.78. The zero-order valence-electron chi connectivity index (χ0n) is 8.86. The molecule has 80 valence electrons. The third-order valence-corrected chi connectivity index (χ3v) is 1.91. The van der Waals surface area contributed by atoms with Crippen LogP contribution in [0.15, 0.2) is 29.8 Å². The summed E-state index contributed by atoms with van der Waals surface area (Å²) >= 11 is 0. The van der Waals surface area contributed by atoms with Crippen molar-refractivity contribution in [3.05, 3.63) is 35.4 Å². The summed E-state index contributed by atoms with van der Waals surface area (Å²) in [6.45, 7) is 3.76. The second-order valence-electron chi connectivity index (χ2n) is 3.11. The second-order valence-corrected chi connectivity index (χ2v) is 3.11. The van der Waals surface area contributed by atoms with Gasteiger partial charge in [0.15, 0.2) is 0 Å². The predicted molar refractivity (Wildman–Crippen MR) is 58.4 cm³/mol. The van der Waals surface area contributed by atoms with Gasteiger partial charge in [-0.25, -0.2) is 4.79 Å². The third kappa shape index (κ3) is 3.13. The molecular formula is C12H14O3. The lowest BCUT2D eigenvalue weighted by molar-refractivity contribution is -0.138. The summed E-state index contributed by atoms with van der Waals surface area (Å²) in [6.07, 6.45) is 1.60. The minimum atomic E-state index is -0.360. The van der Waals surface area contributed by atoms with Crippen molar-refractivity contribution in [2.75, 3.05) is 6.61 Å². The highest BCUT2D eigenvalue weighted by Crippen LogP contribution is 2.19. The quantitative estimate of drug-likeness (QED) is 0.610. The molecule has 0 aromatic heterocycles. The molecule has 3 heteroatoms. The molecule has 0 aliphatic heterocycles. The minimum Gasteiger partial charge on any atom is -0.507 e. The molecule has 0 amide bonds. The lowest BCUT2D eigenvalue weighted by Gasteiger charge is -2.02. The van der Waals surface area contributed by atoms with E-state index in [1.807, 2.05) is 0 Å². The van der Waals surface area contributed by atoms with Crippen LogP contribution in [0.5, 0.6) is 5.75 Å². The molecule has 0 bridgehead atoms. The van der Waals surface area contributed by atoms with Gasteiger partial charge >= 0.3 is 5.97 Å². The molecule has 0 atom stereocenters. The smallest absolute Gasteiger partial charge is 0.333 e. The Bertz CT molecular complexity index is 380. The Morgan fingerprint density at radius 2 is 2.13 bits per heavy atom. The number of hydrogen-bond acceptors (Lipinski definition) is 3. The average molecular weight is 206 g/mol. The van der Waals surface area contributed by atoms with Crippen molar-refractivity contribution in [3.8, 4) is 5.75 Å². The van der Waals surface area contributed by atoms with Gasteiger partial charge in [0.1, 0.15) is 5.75 Å². The molecular weight excluding hydrogens is 192 g/mol. The highest BCUT2D eigenvalue weighted by Gasteiger charge is 2.05. The van der Waals surface area contributed by atoms with E-state index in [1.54, 1.807) is 44.2 Å². The van der Waals surface area contributed by atoms with Crippen LogP contribution in [0.4, 0.5) is 0 Å². The van der Waals surface area contributed by atoms with Crippen LogP contribution in [-0.2, 0) is 9.53 Å². The number of rotatable bonds is 3. The minimum absolute atomic E-state index is 0.154. The van der Waals surface area contributed by atoms with Crippen molar-refractivity contribution in [2.45, 2.75) is 13.8 Å². The van der Waals surface area contributed by atoms with Crippen molar-refractivity contribution in [1.29, 1.82) is 0 Å². The van der Waals surface area contributed by atoms with Crippen LogP contribution in [0.1, 0.15) is 19.4 Å². The Morgan fingerprint density at radius 1 is 1.47 bits per heavy atom. The Balaban J connectivity index is 2.88. The van der Waals surface area contributed by atoms with Gasteiger partial charge in [-0.15, -0.1) is 0 Å². The highest BCUT2D eigenvalue weighted by molar-refractivity contribution is 5.93. The van der Waals surface area contributed by atoms with Gasteiger partial charge in [-0.1, -0.05) is 18.2 Å². The molecule has 0 radical (unpaired) electrons. The Kier molecular flexibility index (Phi) is 3.92. The van der Waals surface area contributed by atoms with E-state index in [0.29, 0.717) is 17.7 Å². The number of carbonyl (C=O) groups excluding carboxylic acids is 1. The van der Waals surface area contributed by atoms with Crippen LogP contribution in [0, 0.1) is 0 Å². The van der Waals surface area contributed by atoms with E-state index in [9.17, 15) is 9.90 Å². The van der Waals surface area contributed by atoms with E-state index >= 15 is 0 Å². The largest absolute Gasteiger partial charge is 0.507 e. The summed E-state index contributed by atoms with van der Waals surface area (Å²) in [7, 11) is 0. The predicted octanol–water partition coefficient (Wildman–Crippen LogP) is 2.36. The number of hydrogen-bond donors (Lipinski definition) is 1. The monoisotopic (exact) mass is 206 g/mol. The number of carbonyl (C=O) groups is 1. The number of ether oxygens (including phenoxy) is 1. The standard InChI is InChI=1S/C12H14O3/c1-3-15-12(14)9(2)8-10-6-4-5-7-11(10)13/h4-8,13H,3H2,1-2H3/b9-8+. The first kappa shape index (κ1) is 11.3. The van der Waals surface area contributed by atoms with Crippen molar-refractivity contribution in [3.63, 3.8) is 0 Å². The topological polar surface area (TPSA) is 46.5 Å². The molecule has 3 nitrogen and oxygen atoms in total. The maximum absolute atomic E-state index is 11.3. The molecule has 1 N–H and O–H groups in total. The fourth-order valence-corrected chi connectivity index (χ4v) is 1.15. The zero-order valence-corrected chi connectivity index (χ0v) is 8.86. The van der Waals surface area contributed by atoms with Gasteiger partial charge in [-0.05, 0) is 26.0 Å². The van der Waals surface area contributed by atoms with Crippen LogP contribution in [0.2, 0.25) is 0 Å². The number of phenolic OH excluding ortho intramolecular Hbond substituents is 1. The lowest BCUT2D eigenvalue weighted by atomic mass is 10.1. The van der Waals surface area contributed by atoms with Crippen LogP contribution < -0.4 is 0 Å². The van der Waals surface area contributed by atoms with Crippen LogP contribution in [0.3, 0.4) is 0 Å². The number of phenols is 1. The number of esters is 1. The molecule has 15 heavy (non-hydrogen) atoms. The molecule has 1 rings (SSSR count). The summed E-state index contributed by atoms with van der Waals surface area (Å²) in [6, 6.07) is 6.83. The van der Waals surface area contributed by atoms with E-state index in [2.05, 4.69) is 0 Å². The molecule has 0 saturated carbocycles. The second kappa shape index (κ2) is 5.20. The fourth-order valence-electron chi connectivity index (χ4n) is 1.15. The lowest BCUT2D eigenvalue weighted by Crippen LogP contribution is -2.04. The van der Waals surface area contributed by atoms with Crippen molar-refractivity contribution >= 4 is 12.0 Å². The van der Waals surface area contributed by atoms with Gasteiger partial charge in [-0.3, -0.25) is 0 Å². The summed E-state index contributed by atoms with van der Waals surface area (Å²) in [5, 5.41) is 9.47. The van der Waals surface area contributed by atoms with E-state index in [4.69, 9.17) is 4.74 Å². The number of benzene rings is 1. The zero-order chi connectivity index (χ0) is 11.3. The normalized spacial score (nSPS) is 11.2. The van der Waals surface area contributed by atoms with Crippen molar-refractivity contribution < 1.29 is 14.6 Å². The molecule has 1 aromatic carbocycles. The van der Waals surface area contributed by atoms with E-state index in [-0.39, 0.29) is 11.7 Å². The third-order valence-electron chi connectivity index (χ3n) is 1.91. The highest BCUT2D eigenvalue weighted by atomic mass is 16.5. The van der Waals surface area contributed by atoms with E-state index in [1.165, 1.54) is 0 Å². The average Bonchev–Trinajstić information content (AvgIpc) is 2.21. The maximum atomic E-state index is 11.3. The van der Waals surface area contributed by atoms with Gasteiger partial charge in [0.25, 0.3) is 0 Å². The SMILES string of the molecule is CCOC(=O)/C(C)=C/c1ccccc1O. The van der Waals surface area contributed by atoms with Crippen molar-refractivity contribution in [2.24, 2.45) is 0 Å². The first-order valence-corrected chi connectivity index (χ1v) is 4.78. The summed E-state index contributed by atoms with van der Waals surface area (Å²) in [5.74, 6) is -0.207. The van der Waals surface area contributed by atoms with Crippen molar-refractivity contribution in [1.82, 2.24) is 0 Å².